The molecule has 1 aliphatic carbocycles. The summed E-state index contributed by atoms with van der Waals surface area (Å²) in [5.74, 6) is -0.459. The first-order chi connectivity index (χ1) is 14.2. The zero-order valence-corrected chi connectivity index (χ0v) is 17.1. The second-order valence-electron chi connectivity index (χ2n) is 6.97. The molecule has 3 heterocycles. The number of aromatic nitrogens is 3. The summed E-state index contributed by atoms with van der Waals surface area (Å²) in [5, 5.41) is 10.8. The molecule has 0 saturated heterocycles. The lowest BCUT2D eigenvalue weighted by Crippen LogP contribution is -2.25. The molecule has 2 amide bonds. The third-order valence-electron chi connectivity index (χ3n) is 5.00. The molecule has 150 valence electrons. The van der Waals surface area contributed by atoms with Crippen molar-refractivity contribution in [2.75, 3.05) is 5.32 Å². The molecule has 4 rings (SSSR count). The van der Waals surface area contributed by atoms with Crippen LogP contribution in [0.25, 0.3) is 0 Å². The average molecular weight is 410 g/mol. The maximum absolute atomic E-state index is 13.0. The number of nitrogens with zero attached hydrogens (tertiary/aromatic N) is 3. The van der Waals surface area contributed by atoms with Gasteiger partial charge in [-0.1, -0.05) is 6.07 Å². The Kier molecular flexibility index (Phi) is 5.71. The molecule has 0 bridgehead atoms. The van der Waals surface area contributed by atoms with Crippen molar-refractivity contribution in [2.45, 2.75) is 45.7 Å². The van der Waals surface area contributed by atoms with E-state index in [1.165, 1.54) is 16.2 Å². The number of thiophene rings is 1. The Morgan fingerprint density at radius 1 is 1.21 bits per heavy atom. The van der Waals surface area contributed by atoms with E-state index in [1.807, 2.05) is 19.1 Å². The predicted octanol–water partition coefficient (Wildman–Crippen LogP) is 3.42. The summed E-state index contributed by atoms with van der Waals surface area (Å²) in [4.78, 5) is 31.0. The van der Waals surface area contributed by atoms with Gasteiger partial charge >= 0.3 is 0 Å². The van der Waals surface area contributed by atoms with Gasteiger partial charge in [0.15, 0.2) is 5.69 Å². The summed E-state index contributed by atoms with van der Waals surface area (Å²) in [6.07, 6.45) is 9.19. The molecule has 8 heteroatoms. The van der Waals surface area contributed by atoms with E-state index in [0.717, 1.165) is 36.8 Å². The second-order valence-corrected chi connectivity index (χ2v) is 8.07. The third kappa shape index (κ3) is 4.22. The molecule has 2 N–H and O–H groups in total. The lowest BCUT2D eigenvalue weighted by Gasteiger charge is -2.13. The molecule has 0 radical (unpaired) electrons. The van der Waals surface area contributed by atoms with Crippen molar-refractivity contribution in [3.05, 3.63) is 64.1 Å². The first-order valence-electron chi connectivity index (χ1n) is 9.82. The minimum atomic E-state index is -0.294. The van der Waals surface area contributed by atoms with Crippen LogP contribution in [-0.2, 0) is 25.9 Å². The van der Waals surface area contributed by atoms with Crippen LogP contribution in [0.5, 0.6) is 0 Å². The Hall–Kier alpha value is -3.00. The van der Waals surface area contributed by atoms with Crippen LogP contribution in [0.3, 0.4) is 0 Å². The number of carbonyl (C=O) groups excluding carboxylic acids is 2. The summed E-state index contributed by atoms with van der Waals surface area (Å²) < 4.78 is 1.70. The highest BCUT2D eigenvalue weighted by Gasteiger charge is 2.26. The van der Waals surface area contributed by atoms with Crippen LogP contribution < -0.4 is 10.6 Å². The van der Waals surface area contributed by atoms with E-state index >= 15 is 0 Å². The van der Waals surface area contributed by atoms with E-state index in [-0.39, 0.29) is 11.8 Å². The molecule has 3 aromatic heterocycles. The molecule has 0 spiro atoms. The summed E-state index contributed by atoms with van der Waals surface area (Å²) in [7, 11) is 0. The van der Waals surface area contributed by atoms with Gasteiger partial charge in [0.05, 0.1) is 5.56 Å². The quantitative estimate of drug-likeness (QED) is 0.653. The monoisotopic (exact) mass is 409 g/mol. The van der Waals surface area contributed by atoms with E-state index in [1.54, 1.807) is 29.3 Å². The van der Waals surface area contributed by atoms with Gasteiger partial charge in [0.2, 0.25) is 0 Å². The Bertz CT molecular complexity index is 1030. The van der Waals surface area contributed by atoms with Gasteiger partial charge in [-0.15, -0.1) is 11.3 Å². The van der Waals surface area contributed by atoms with Crippen molar-refractivity contribution in [2.24, 2.45) is 0 Å². The number of pyridine rings is 1. The summed E-state index contributed by atoms with van der Waals surface area (Å²) in [6.45, 7) is 3.06. The fourth-order valence-electron chi connectivity index (χ4n) is 3.49. The molecular formula is C21H23N5O2S. The number of hydrogen-bond donors (Lipinski definition) is 2. The van der Waals surface area contributed by atoms with E-state index in [9.17, 15) is 9.59 Å². The van der Waals surface area contributed by atoms with Crippen LogP contribution >= 0.6 is 11.3 Å². The van der Waals surface area contributed by atoms with E-state index in [0.29, 0.717) is 29.3 Å². The van der Waals surface area contributed by atoms with Crippen LogP contribution in [-0.4, -0.2) is 26.6 Å². The predicted molar refractivity (Wildman–Crippen MR) is 112 cm³/mol. The van der Waals surface area contributed by atoms with Crippen LogP contribution in [0.15, 0.2) is 36.8 Å². The summed E-state index contributed by atoms with van der Waals surface area (Å²) in [6, 6.07) is 5.45. The SMILES string of the molecule is CCn1ccc(C(=O)Nc2sc3c(c2C(=O)NCc2cccnc2)CCCC3)n1. The van der Waals surface area contributed by atoms with Crippen LogP contribution in [0, 0.1) is 0 Å². The fraction of sp³-hybridized carbons (Fsp3) is 0.333. The van der Waals surface area contributed by atoms with Gasteiger partial charge in [0.25, 0.3) is 11.8 Å². The maximum Gasteiger partial charge on any atom is 0.276 e. The van der Waals surface area contributed by atoms with Gasteiger partial charge in [0.1, 0.15) is 5.00 Å². The molecule has 0 aromatic carbocycles. The van der Waals surface area contributed by atoms with E-state index in [2.05, 4.69) is 20.7 Å². The number of hydrogen-bond acceptors (Lipinski definition) is 5. The molecular weight excluding hydrogens is 386 g/mol. The molecule has 3 aromatic rings. The van der Waals surface area contributed by atoms with Crippen molar-refractivity contribution in [1.82, 2.24) is 20.1 Å². The van der Waals surface area contributed by atoms with E-state index < -0.39 is 0 Å². The Balaban J connectivity index is 1.57. The van der Waals surface area contributed by atoms with Crippen molar-refractivity contribution in [3.63, 3.8) is 0 Å². The first kappa shape index (κ1) is 19.3. The Labute approximate surface area is 173 Å². The molecule has 0 atom stereocenters. The zero-order valence-electron chi connectivity index (χ0n) is 16.3. The number of fused-ring (bicyclic) bond motifs is 1. The van der Waals surface area contributed by atoms with Crippen molar-refractivity contribution in [3.8, 4) is 0 Å². The number of aryl methyl sites for hydroxylation is 2. The molecule has 0 fully saturated rings. The number of anilines is 1. The van der Waals surface area contributed by atoms with Gasteiger partial charge in [-0.25, -0.2) is 0 Å². The third-order valence-corrected chi connectivity index (χ3v) is 6.21. The Morgan fingerprint density at radius 2 is 2.07 bits per heavy atom. The zero-order chi connectivity index (χ0) is 20.2. The maximum atomic E-state index is 13.0. The van der Waals surface area contributed by atoms with E-state index in [4.69, 9.17) is 0 Å². The molecule has 7 nitrogen and oxygen atoms in total. The number of rotatable bonds is 6. The van der Waals surface area contributed by atoms with Crippen LogP contribution in [0.2, 0.25) is 0 Å². The van der Waals surface area contributed by atoms with Gasteiger partial charge < -0.3 is 10.6 Å². The molecule has 1 aliphatic rings. The molecule has 0 saturated carbocycles. The van der Waals surface area contributed by atoms with Gasteiger partial charge in [-0.05, 0) is 55.9 Å². The first-order valence-corrected chi connectivity index (χ1v) is 10.6. The largest absolute Gasteiger partial charge is 0.348 e. The van der Waals surface area contributed by atoms with Crippen LogP contribution in [0.4, 0.5) is 5.00 Å². The summed E-state index contributed by atoms with van der Waals surface area (Å²) in [5.41, 5.74) is 2.94. The average Bonchev–Trinajstić information content (AvgIpc) is 3.37. The van der Waals surface area contributed by atoms with Gasteiger partial charge in [0, 0.05) is 36.6 Å². The normalized spacial score (nSPS) is 13.0. The van der Waals surface area contributed by atoms with Gasteiger partial charge in [-0.3, -0.25) is 19.3 Å². The van der Waals surface area contributed by atoms with Crippen molar-refractivity contribution < 1.29 is 9.59 Å². The second kappa shape index (κ2) is 8.57. The standard InChI is InChI=1S/C21H23N5O2S/c1-2-26-11-9-16(25-26)19(27)24-21-18(15-7-3-4-8-17(15)29-21)20(28)23-13-14-6-5-10-22-12-14/h5-6,9-12H,2-4,7-8,13H2,1H3,(H,23,28)(H,24,27). The van der Waals surface area contributed by atoms with Crippen molar-refractivity contribution in [1.29, 1.82) is 0 Å². The van der Waals surface area contributed by atoms with Crippen LogP contribution in [0.1, 0.15) is 56.6 Å². The smallest absolute Gasteiger partial charge is 0.276 e. The lowest BCUT2D eigenvalue weighted by atomic mass is 9.95. The molecule has 0 unspecified atom stereocenters. The number of carbonyl (C=O) groups is 2. The van der Waals surface area contributed by atoms with Crippen molar-refractivity contribution >= 4 is 28.2 Å². The molecule has 29 heavy (non-hydrogen) atoms. The number of amides is 2. The van der Waals surface area contributed by atoms with Gasteiger partial charge in [-0.2, -0.15) is 5.10 Å². The minimum absolute atomic E-state index is 0.164. The number of nitrogens with one attached hydrogen (secondary N) is 2. The molecule has 0 aliphatic heterocycles. The fourth-order valence-corrected chi connectivity index (χ4v) is 4.78. The Morgan fingerprint density at radius 3 is 2.83 bits per heavy atom. The highest BCUT2D eigenvalue weighted by Crippen LogP contribution is 2.38. The highest BCUT2D eigenvalue weighted by molar-refractivity contribution is 7.17. The minimum Gasteiger partial charge on any atom is -0.348 e. The topological polar surface area (TPSA) is 88.9 Å². The highest BCUT2D eigenvalue weighted by atomic mass is 32.1. The lowest BCUT2D eigenvalue weighted by molar-refractivity contribution is 0.0951. The summed E-state index contributed by atoms with van der Waals surface area (Å²) >= 11 is 1.51.